The van der Waals surface area contributed by atoms with Crippen LogP contribution < -0.4 is 5.32 Å². The number of carbonyl (C=O) groups is 2. The van der Waals surface area contributed by atoms with E-state index in [9.17, 15) is 9.59 Å². The first kappa shape index (κ1) is 15.5. The van der Waals surface area contributed by atoms with E-state index in [4.69, 9.17) is 11.6 Å². The standard InChI is InChI=1S/C18H22ClNO2/c1-16(2)17(3)8-9-18(16,10-14(17)21)15(22)20-11-12-6-4-5-7-13(12)19/h4-7H,8-11H2,1-3H3,(H,20,22)/t17-,18-/m1/s1. The van der Waals surface area contributed by atoms with Crippen LogP contribution in [0.25, 0.3) is 0 Å². The van der Waals surface area contributed by atoms with Crippen molar-refractivity contribution >= 4 is 23.3 Å². The highest BCUT2D eigenvalue weighted by Crippen LogP contribution is 2.70. The predicted molar refractivity (Wildman–Crippen MR) is 86.5 cm³/mol. The van der Waals surface area contributed by atoms with Gasteiger partial charge in [-0.1, -0.05) is 50.6 Å². The SMILES string of the molecule is CC1(C)[C@]2(C(=O)NCc3ccccc3Cl)CC[C@]1(C)C(=O)C2. The predicted octanol–water partition coefficient (Wildman–Crippen LogP) is 3.74. The van der Waals surface area contributed by atoms with Gasteiger partial charge in [0.2, 0.25) is 5.91 Å². The van der Waals surface area contributed by atoms with Crippen LogP contribution in [0, 0.1) is 16.2 Å². The summed E-state index contributed by atoms with van der Waals surface area (Å²) in [6.45, 7) is 6.56. The zero-order chi connectivity index (χ0) is 16.2. The highest BCUT2D eigenvalue weighted by atomic mass is 35.5. The second kappa shape index (κ2) is 4.82. The third kappa shape index (κ3) is 1.81. The van der Waals surface area contributed by atoms with Crippen molar-refractivity contribution in [2.75, 3.05) is 0 Å². The van der Waals surface area contributed by atoms with Crippen molar-refractivity contribution in [1.82, 2.24) is 5.32 Å². The van der Waals surface area contributed by atoms with E-state index < -0.39 is 5.41 Å². The lowest BCUT2D eigenvalue weighted by Gasteiger charge is -2.38. The van der Waals surface area contributed by atoms with E-state index in [0.29, 0.717) is 18.0 Å². The molecule has 0 heterocycles. The van der Waals surface area contributed by atoms with E-state index in [2.05, 4.69) is 19.2 Å². The summed E-state index contributed by atoms with van der Waals surface area (Å²) in [5.41, 5.74) is -0.340. The van der Waals surface area contributed by atoms with Crippen LogP contribution in [0.3, 0.4) is 0 Å². The zero-order valence-corrected chi connectivity index (χ0v) is 14.1. The molecular formula is C18H22ClNO2. The average molecular weight is 320 g/mol. The lowest BCUT2D eigenvalue weighted by molar-refractivity contribution is -0.136. The highest BCUT2D eigenvalue weighted by Gasteiger charge is 2.72. The smallest absolute Gasteiger partial charge is 0.227 e. The number of Topliss-reactive ketones (excluding diaryl/α,β-unsaturated/α-hetero) is 1. The van der Waals surface area contributed by atoms with Crippen molar-refractivity contribution in [1.29, 1.82) is 0 Å². The van der Waals surface area contributed by atoms with Crippen LogP contribution in [0.5, 0.6) is 0 Å². The Hall–Kier alpha value is -1.35. The van der Waals surface area contributed by atoms with Crippen LogP contribution in [-0.4, -0.2) is 11.7 Å². The first-order chi connectivity index (χ1) is 10.2. The molecule has 1 aromatic carbocycles. The molecule has 3 rings (SSSR count). The molecule has 0 aliphatic heterocycles. The zero-order valence-electron chi connectivity index (χ0n) is 13.3. The monoisotopic (exact) mass is 319 g/mol. The maximum absolute atomic E-state index is 12.9. The Kier molecular flexibility index (Phi) is 3.41. The number of hydrogen-bond acceptors (Lipinski definition) is 2. The van der Waals surface area contributed by atoms with E-state index in [1.54, 1.807) is 0 Å². The molecule has 2 aliphatic rings. The molecule has 1 N–H and O–H groups in total. The third-order valence-corrected chi connectivity index (χ3v) is 6.91. The summed E-state index contributed by atoms with van der Waals surface area (Å²) in [5, 5.41) is 3.67. The summed E-state index contributed by atoms with van der Waals surface area (Å²) in [7, 11) is 0. The van der Waals surface area contributed by atoms with Crippen LogP contribution in [0.15, 0.2) is 24.3 Å². The molecule has 2 fully saturated rings. The number of halogens is 1. The number of ketones is 1. The van der Waals surface area contributed by atoms with Gasteiger partial charge in [-0.05, 0) is 29.9 Å². The number of hydrogen-bond donors (Lipinski definition) is 1. The van der Waals surface area contributed by atoms with Gasteiger partial charge in [-0.15, -0.1) is 0 Å². The second-order valence-corrected chi connectivity index (χ2v) is 7.82. The Labute approximate surface area is 136 Å². The molecule has 22 heavy (non-hydrogen) atoms. The molecule has 118 valence electrons. The number of fused-ring (bicyclic) bond motifs is 2. The van der Waals surface area contributed by atoms with Crippen molar-refractivity contribution in [3.8, 4) is 0 Å². The summed E-state index contributed by atoms with van der Waals surface area (Å²) < 4.78 is 0. The molecule has 0 unspecified atom stereocenters. The second-order valence-electron chi connectivity index (χ2n) is 7.41. The number of amides is 1. The van der Waals surface area contributed by atoms with Gasteiger partial charge in [-0.3, -0.25) is 9.59 Å². The lowest BCUT2D eigenvalue weighted by Crippen LogP contribution is -2.46. The Morgan fingerprint density at radius 2 is 1.91 bits per heavy atom. The fourth-order valence-electron chi connectivity index (χ4n) is 4.35. The molecule has 1 aromatic rings. The minimum atomic E-state index is -0.569. The Balaban J connectivity index is 1.81. The molecule has 2 atom stereocenters. The van der Waals surface area contributed by atoms with E-state index in [0.717, 1.165) is 18.4 Å². The first-order valence-electron chi connectivity index (χ1n) is 7.80. The van der Waals surface area contributed by atoms with Crippen molar-refractivity contribution in [2.24, 2.45) is 16.2 Å². The van der Waals surface area contributed by atoms with Gasteiger partial charge in [-0.25, -0.2) is 0 Å². The van der Waals surface area contributed by atoms with Gasteiger partial charge >= 0.3 is 0 Å². The van der Waals surface area contributed by atoms with Gasteiger partial charge in [0.05, 0.1) is 5.41 Å². The molecule has 2 saturated carbocycles. The lowest BCUT2D eigenvalue weighted by atomic mass is 9.64. The van der Waals surface area contributed by atoms with Gasteiger partial charge in [0.1, 0.15) is 5.78 Å². The van der Waals surface area contributed by atoms with Gasteiger partial charge < -0.3 is 5.32 Å². The minimum absolute atomic E-state index is 0.00741. The summed E-state index contributed by atoms with van der Waals surface area (Å²) in [4.78, 5) is 25.3. The van der Waals surface area contributed by atoms with Crippen molar-refractivity contribution in [3.63, 3.8) is 0 Å². The average Bonchev–Trinajstić information content (AvgIpc) is 2.76. The fraction of sp³-hybridized carbons (Fsp3) is 0.556. The summed E-state index contributed by atoms with van der Waals surface area (Å²) in [5.74, 6) is 0.226. The van der Waals surface area contributed by atoms with Crippen LogP contribution in [0.1, 0.15) is 45.6 Å². The van der Waals surface area contributed by atoms with Crippen molar-refractivity contribution in [3.05, 3.63) is 34.9 Å². The molecule has 0 saturated heterocycles. The van der Waals surface area contributed by atoms with Gasteiger partial charge in [0, 0.05) is 23.4 Å². The molecule has 0 spiro atoms. The molecule has 3 nitrogen and oxygen atoms in total. The molecule has 2 bridgehead atoms. The largest absolute Gasteiger partial charge is 0.351 e. The van der Waals surface area contributed by atoms with Crippen LogP contribution >= 0.6 is 11.6 Å². The number of nitrogens with one attached hydrogen (secondary N) is 1. The number of carbonyl (C=O) groups excluding carboxylic acids is 2. The first-order valence-corrected chi connectivity index (χ1v) is 8.17. The molecule has 2 aliphatic carbocycles. The Morgan fingerprint density at radius 3 is 2.45 bits per heavy atom. The summed E-state index contributed by atoms with van der Waals surface area (Å²) in [6.07, 6.45) is 1.96. The maximum atomic E-state index is 12.9. The third-order valence-electron chi connectivity index (χ3n) is 6.54. The molecular weight excluding hydrogens is 298 g/mol. The van der Waals surface area contributed by atoms with Gasteiger partial charge in [-0.2, -0.15) is 0 Å². The normalized spacial score (nSPS) is 32.3. The topological polar surface area (TPSA) is 46.2 Å². The highest BCUT2D eigenvalue weighted by molar-refractivity contribution is 6.31. The van der Waals surface area contributed by atoms with E-state index >= 15 is 0 Å². The van der Waals surface area contributed by atoms with E-state index in [1.165, 1.54) is 0 Å². The Bertz CT molecular complexity index is 654. The maximum Gasteiger partial charge on any atom is 0.227 e. The van der Waals surface area contributed by atoms with Gasteiger partial charge in [0.15, 0.2) is 0 Å². The molecule has 0 radical (unpaired) electrons. The molecule has 1 amide bonds. The summed E-state index contributed by atoms with van der Waals surface area (Å²) in [6, 6.07) is 7.50. The van der Waals surface area contributed by atoms with Crippen molar-refractivity contribution in [2.45, 2.75) is 46.6 Å². The summed E-state index contributed by atoms with van der Waals surface area (Å²) >= 11 is 6.14. The van der Waals surface area contributed by atoms with E-state index in [-0.39, 0.29) is 22.5 Å². The van der Waals surface area contributed by atoms with Gasteiger partial charge in [0.25, 0.3) is 0 Å². The Morgan fingerprint density at radius 1 is 1.23 bits per heavy atom. The quantitative estimate of drug-likeness (QED) is 0.922. The van der Waals surface area contributed by atoms with Crippen LogP contribution in [0.2, 0.25) is 5.02 Å². The minimum Gasteiger partial charge on any atom is -0.351 e. The van der Waals surface area contributed by atoms with E-state index in [1.807, 2.05) is 31.2 Å². The molecule has 4 heteroatoms. The van der Waals surface area contributed by atoms with Crippen LogP contribution in [0.4, 0.5) is 0 Å². The number of benzene rings is 1. The molecule has 0 aromatic heterocycles. The van der Waals surface area contributed by atoms with Crippen molar-refractivity contribution < 1.29 is 9.59 Å². The number of rotatable bonds is 3. The van der Waals surface area contributed by atoms with Crippen LogP contribution in [-0.2, 0) is 16.1 Å². The fourth-order valence-corrected chi connectivity index (χ4v) is 4.55.